The fourth-order valence-corrected chi connectivity index (χ4v) is 4.93. The molecule has 2 aromatic carbocycles. The number of sulfonamides is 1. The third kappa shape index (κ3) is 5.44. The maximum Gasteiger partial charge on any atom is 0.324 e. The molecule has 1 unspecified atom stereocenters. The van der Waals surface area contributed by atoms with Gasteiger partial charge >= 0.3 is 5.97 Å². The van der Waals surface area contributed by atoms with Gasteiger partial charge in [0.15, 0.2) is 12.4 Å². The Kier molecular flexibility index (Phi) is 7.21. The number of carbonyl (C=O) groups is 2. The van der Waals surface area contributed by atoms with Crippen molar-refractivity contribution in [1.29, 1.82) is 0 Å². The highest BCUT2D eigenvalue weighted by molar-refractivity contribution is 7.89. The number of halogens is 1. The highest BCUT2D eigenvalue weighted by Gasteiger charge is 2.27. The van der Waals surface area contributed by atoms with Crippen LogP contribution in [0.25, 0.3) is 0 Å². The third-order valence-corrected chi connectivity index (χ3v) is 6.79. The molecule has 0 spiro atoms. The first-order valence-corrected chi connectivity index (χ1v) is 10.8. The highest BCUT2D eigenvalue weighted by atomic mass is 35.5. The Labute approximate surface area is 176 Å². The summed E-state index contributed by atoms with van der Waals surface area (Å²) in [6.07, 6.45) is 0. The van der Waals surface area contributed by atoms with Crippen molar-refractivity contribution >= 4 is 33.4 Å². The predicted molar refractivity (Wildman–Crippen MR) is 112 cm³/mol. The number of aryl methyl sites for hydroxylation is 2. The molecule has 156 valence electrons. The fourth-order valence-electron chi connectivity index (χ4n) is 2.93. The molecule has 6 nitrogen and oxygen atoms in total. The summed E-state index contributed by atoms with van der Waals surface area (Å²) in [5, 5.41) is 0.391. The van der Waals surface area contributed by atoms with Crippen molar-refractivity contribution in [1.82, 2.24) is 4.72 Å². The van der Waals surface area contributed by atoms with Crippen molar-refractivity contribution in [2.45, 2.75) is 45.6 Å². The van der Waals surface area contributed by atoms with Crippen LogP contribution in [0, 0.1) is 27.7 Å². The van der Waals surface area contributed by atoms with Crippen LogP contribution >= 0.6 is 11.6 Å². The molecule has 0 aromatic heterocycles. The largest absolute Gasteiger partial charge is 0.456 e. The molecule has 0 radical (unpaired) electrons. The Balaban J connectivity index is 2.10. The molecule has 0 aliphatic heterocycles. The van der Waals surface area contributed by atoms with E-state index in [1.54, 1.807) is 32.0 Å². The van der Waals surface area contributed by atoms with Crippen molar-refractivity contribution in [3.63, 3.8) is 0 Å². The van der Waals surface area contributed by atoms with Crippen molar-refractivity contribution < 1.29 is 22.7 Å². The molecule has 8 heteroatoms. The summed E-state index contributed by atoms with van der Waals surface area (Å²) in [5.41, 5.74) is 3.24. The van der Waals surface area contributed by atoms with E-state index in [0.29, 0.717) is 21.7 Å². The smallest absolute Gasteiger partial charge is 0.324 e. The summed E-state index contributed by atoms with van der Waals surface area (Å²) in [6.45, 7) is 7.98. The van der Waals surface area contributed by atoms with Crippen LogP contribution in [0.15, 0.2) is 35.2 Å². The van der Waals surface area contributed by atoms with E-state index in [2.05, 4.69) is 4.72 Å². The third-order valence-electron chi connectivity index (χ3n) is 4.74. The van der Waals surface area contributed by atoms with Crippen LogP contribution in [-0.2, 0) is 19.6 Å². The monoisotopic (exact) mass is 437 g/mol. The maximum absolute atomic E-state index is 12.9. The molecular formula is C21H24ClNO5S. The molecular weight excluding hydrogens is 414 g/mol. The van der Waals surface area contributed by atoms with Crippen molar-refractivity contribution in [3.8, 4) is 0 Å². The van der Waals surface area contributed by atoms with E-state index in [1.807, 2.05) is 19.9 Å². The zero-order valence-electron chi connectivity index (χ0n) is 17.0. The predicted octanol–water partition coefficient (Wildman–Crippen LogP) is 3.67. The molecule has 0 saturated carbocycles. The Morgan fingerprint density at radius 3 is 2.21 bits per heavy atom. The molecule has 0 saturated heterocycles. The number of hydrogen-bond acceptors (Lipinski definition) is 5. The van der Waals surface area contributed by atoms with Gasteiger partial charge in [-0.15, -0.1) is 0 Å². The van der Waals surface area contributed by atoms with E-state index in [1.165, 1.54) is 13.0 Å². The summed E-state index contributed by atoms with van der Waals surface area (Å²) in [4.78, 5) is 24.5. The Hall–Kier alpha value is -2.22. The lowest BCUT2D eigenvalue weighted by atomic mass is 10.0. The van der Waals surface area contributed by atoms with E-state index in [9.17, 15) is 18.0 Å². The molecule has 2 aromatic rings. The number of nitrogens with one attached hydrogen (secondary N) is 1. The first kappa shape index (κ1) is 23.1. The van der Waals surface area contributed by atoms with Crippen LogP contribution < -0.4 is 4.72 Å². The van der Waals surface area contributed by atoms with Crippen LogP contribution in [0.2, 0.25) is 5.02 Å². The van der Waals surface area contributed by atoms with Gasteiger partial charge < -0.3 is 4.74 Å². The molecule has 1 N–H and O–H groups in total. The molecule has 0 heterocycles. The van der Waals surface area contributed by atoms with E-state index >= 15 is 0 Å². The molecule has 29 heavy (non-hydrogen) atoms. The molecule has 0 bridgehead atoms. The minimum absolute atomic E-state index is 0.157. The Bertz CT molecular complexity index is 1040. The number of Topliss-reactive ketones (excluding diaryl/α,β-unsaturated/α-hetero) is 1. The molecule has 0 amide bonds. The molecule has 0 fully saturated rings. The number of carbonyl (C=O) groups excluding carboxylic acids is 2. The second-order valence-corrected chi connectivity index (χ2v) is 9.06. The first-order chi connectivity index (χ1) is 13.4. The number of ether oxygens (including phenoxy) is 1. The van der Waals surface area contributed by atoms with Gasteiger partial charge in [-0.1, -0.05) is 29.8 Å². The molecule has 0 aliphatic carbocycles. The summed E-state index contributed by atoms with van der Waals surface area (Å²) in [7, 11) is -3.96. The summed E-state index contributed by atoms with van der Waals surface area (Å²) in [5.74, 6) is -1.28. The average Bonchev–Trinajstić information content (AvgIpc) is 2.63. The van der Waals surface area contributed by atoms with Gasteiger partial charge in [0.1, 0.15) is 6.04 Å². The SMILES string of the molecule is Cc1cc(C)c(C)c(S(=O)(=O)NC(C)C(=O)OCC(=O)c2cccc(Cl)c2)c1C. The minimum atomic E-state index is -3.96. The van der Waals surface area contributed by atoms with Crippen molar-refractivity contribution in [2.75, 3.05) is 6.61 Å². The number of rotatable bonds is 7. The van der Waals surface area contributed by atoms with Gasteiger partial charge in [-0.05, 0) is 69.0 Å². The molecule has 2 rings (SSSR count). The second kappa shape index (κ2) is 9.07. The highest BCUT2D eigenvalue weighted by Crippen LogP contribution is 2.26. The second-order valence-electron chi connectivity index (χ2n) is 6.97. The lowest BCUT2D eigenvalue weighted by Crippen LogP contribution is -2.40. The van der Waals surface area contributed by atoms with Gasteiger partial charge in [0.25, 0.3) is 0 Å². The normalized spacial score (nSPS) is 12.5. The minimum Gasteiger partial charge on any atom is -0.456 e. The number of benzene rings is 2. The number of ketones is 1. The molecule has 0 aliphatic rings. The van der Waals surface area contributed by atoms with Gasteiger partial charge in [0.2, 0.25) is 10.0 Å². The van der Waals surface area contributed by atoms with E-state index < -0.39 is 34.4 Å². The lowest BCUT2D eigenvalue weighted by Gasteiger charge is -2.18. The van der Waals surface area contributed by atoms with Gasteiger partial charge in [0.05, 0.1) is 4.90 Å². The topological polar surface area (TPSA) is 89.5 Å². The summed E-state index contributed by atoms with van der Waals surface area (Å²) in [6, 6.07) is 7.02. The maximum atomic E-state index is 12.9. The van der Waals surface area contributed by atoms with Crippen LogP contribution in [0.1, 0.15) is 39.5 Å². The molecule has 1 atom stereocenters. The summed E-state index contributed by atoms with van der Waals surface area (Å²) < 4.78 is 33.1. The van der Waals surface area contributed by atoms with Crippen LogP contribution in [-0.4, -0.2) is 32.8 Å². The quantitative estimate of drug-likeness (QED) is 0.527. The van der Waals surface area contributed by atoms with E-state index in [-0.39, 0.29) is 4.90 Å². The average molecular weight is 438 g/mol. The van der Waals surface area contributed by atoms with Crippen LogP contribution in [0.3, 0.4) is 0 Å². The van der Waals surface area contributed by atoms with Gasteiger partial charge in [0, 0.05) is 10.6 Å². The first-order valence-electron chi connectivity index (χ1n) is 8.99. The van der Waals surface area contributed by atoms with Crippen molar-refractivity contribution in [2.24, 2.45) is 0 Å². The van der Waals surface area contributed by atoms with Crippen molar-refractivity contribution in [3.05, 3.63) is 63.2 Å². The fraction of sp³-hybridized carbons (Fsp3) is 0.333. The van der Waals surface area contributed by atoms with Gasteiger partial charge in [-0.3, -0.25) is 9.59 Å². The van der Waals surface area contributed by atoms with Crippen LogP contribution in [0.5, 0.6) is 0 Å². The standard InChI is InChI=1S/C21H24ClNO5S/c1-12-9-13(2)15(4)20(14(12)3)29(26,27)23-16(5)21(25)28-11-19(24)17-7-6-8-18(22)10-17/h6-10,16,23H,11H2,1-5H3. The Morgan fingerprint density at radius 2 is 1.66 bits per heavy atom. The zero-order valence-corrected chi connectivity index (χ0v) is 18.6. The zero-order chi connectivity index (χ0) is 21.9. The number of esters is 1. The van der Waals surface area contributed by atoms with Gasteiger partial charge in [-0.2, -0.15) is 4.72 Å². The number of hydrogen-bond donors (Lipinski definition) is 1. The van der Waals surface area contributed by atoms with Crippen LogP contribution in [0.4, 0.5) is 0 Å². The Morgan fingerprint density at radius 1 is 1.07 bits per heavy atom. The lowest BCUT2D eigenvalue weighted by molar-refractivity contribution is -0.144. The summed E-state index contributed by atoms with van der Waals surface area (Å²) >= 11 is 5.84. The van der Waals surface area contributed by atoms with Gasteiger partial charge in [-0.25, -0.2) is 8.42 Å². The van der Waals surface area contributed by atoms with E-state index in [0.717, 1.165) is 11.1 Å². The van der Waals surface area contributed by atoms with E-state index in [4.69, 9.17) is 16.3 Å².